The zero-order valence-electron chi connectivity index (χ0n) is 12.8. The van der Waals surface area contributed by atoms with Crippen LogP contribution in [-0.2, 0) is 4.79 Å². The van der Waals surface area contributed by atoms with Crippen LogP contribution in [0.25, 0.3) is 0 Å². The predicted octanol–water partition coefficient (Wildman–Crippen LogP) is 2.02. The lowest BCUT2D eigenvalue weighted by molar-refractivity contribution is -0.122. The standard InChI is InChI=1S/C16H24N2O2/c1-5-10-18(11-15(19)17-4)13(3)16(20)14-8-6-12(2)7-9-14/h6-9,13H,5,10-11H2,1-4H3,(H,17,19). The van der Waals surface area contributed by atoms with E-state index in [0.717, 1.165) is 18.5 Å². The molecule has 4 heteroatoms. The molecule has 0 bridgehead atoms. The number of nitrogens with one attached hydrogen (secondary N) is 1. The summed E-state index contributed by atoms with van der Waals surface area (Å²) in [6.07, 6.45) is 0.905. The zero-order valence-corrected chi connectivity index (χ0v) is 12.8. The smallest absolute Gasteiger partial charge is 0.233 e. The van der Waals surface area contributed by atoms with Crippen LogP contribution in [-0.4, -0.2) is 42.8 Å². The second kappa shape index (κ2) is 7.80. The van der Waals surface area contributed by atoms with Gasteiger partial charge in [-0.15, -0.1) is 0 Å². The Morgan fingerprint density at radius 2 is 1.85 bits per heavy atom. The summed E-state index contributed by atoms with van der Waals surface area (Å²) in [6, 6.07) is 7.26. The van der Waals surface area contributed by atoms with Crippen molar-refractivity contribution in [3.05, 3.63) is 35.4 Å². The molecule has 20 heavy (non-hydrogen) atoms. The van der Waals surface area contributed by atoms with Crippen molar-refractivity contribution in [3.63, 3.8) is 0 Å². The van der Waals surface area contributed by atoms with Crippen LogP contribution in [0.5, 0.6) is 0 Å². The number of benzene rings is 1. The number of Topliss-reactive ketones (excluding diaryl/α,β-unsaturated/α-hetero) is 1. The van der Waals surface area contributed by atoms with Crippen molar-refractivity contribution in [1.29, 1.82) is 0 Å². The van der Waals surface area contributed by atoms with Gasteiger partial charge in [-0.1, -0.05) is 36.8 Å². The molecule has 0 fully saturated rings. The maximum Gasteiger partial charge on any atom is 0.233 e. The molecular weight excluding hydrogens is 252 g/mol. The van der Waals surface area contributed by atoms with Gasteiger partial charge in [-0.2, -0.15) is 0 Å². The van der Waals surface area contributed by atoms with Crippen LogP contribution in [0.4, 0.5) is 0 Å². The Morgan fingerprint density at radius 3 is 2.35 bits per heavy atom. The highest BCUT2D eigenvalue weighted by Gasteiger charge is 2.23. The van der Waals surface area contributed by atoms with Gasteiger partial charge in [0, 0.05) is 12.6 Å². The van der Waals surface area contributed by atoms with Crippen molar-refractivity contribution >= 4 is 11.7 Å². The monoisotopic (exact) mass is 276 g/mol. The maximum absolute atomic E-state index is 12.5. The number of rotatable bonds is 7. The third-order valence-corrected chi connectivity index (χ3v) is 3.40. The molecule has 1 atom stereocenters. The minimum absolute atomic E-state index is 0.0577. The van der Waals surface area contributed by atoms with E-state index in [-0.39, 0.29) is 24.3 Å². The number of carbonyl (C=O) groups is 2. The summed E-state index contributed by atoms with van der Waals surface area (Å²) >= 11 is 0. The molecule has 1 aromatic carbocycles. The van der Waals surface area contributed by atoms with E-state index in [1.54, 1.807) is 7.05 Å². The average molecular weight is 276 g/mol. The van der Waals surface area contributed by atoms with Crippen LogP contribution in [0.15, 0.2) is 24.3 Å². The van der Waals surface area contributed by atoms with Crippen molar-refractivity contribution < 1.29 is 9.59 Å². The second-order valence-corrected chi connectivity index (χ2v) is 5.05. The molecule has 0 heterocycles. The molecule has 1 rings (SSSR count). The SMILES string of the molecule is CCCN(CC(=O)NC)C(C)C(=O)c1ccc(C)cc1. The van der Waals surface area contributed by atoms with Gasteiger partial charge in [0.25, 0.3) is 0 Å². The molecule has 4 nitrogen and oxygen atoms in total. The molecule has 1 aromatic rings. The van der Waals surface area contributed by atoms with Crippen LogP contribution in [0, 0.1) is 6.92 Å². The van der Waals surface area contributed by atoms with E-state index in [2.05, 4.69) is 5.32 Å². The Kier molecular flexibility index (Phi) is 6.39. The summed E-state index contributed by atoms with van der Waals surface area (Å²) in [4.78, 5) is 25.9. The highest BCUT2D eigenvalue weighted by molar-refractivity contribution is 6.00. The number of carbonyl (C=O) groups excluding carboxylic acids is 2. The number of hydrogen-bond acceptors (Lipinski definition) is 3. The van der Waals surface area contributed by atoms with E-state index in [1.807, 2.05) is 49.9 Å². The summed E-state index contributed by atoms with van der Waals surface area (Å²) in [5.41, 5.74) is 1.83. The highest BCUT2D eigenvalue weighted by atomic mass is 16.2. The van der Waals surface area contributed by atoms with E-state index < -0.39 is 0 Å². The zero-order chi connectivity index (χ0) is 15.1. The van der Waals surface area contributed by atoms with Gasteiger partial charge in [-0.25, -0.2) is 0 Å². The number of likely N-dealkylation sites (N-methyl/N-ethyl adjacent to an activating group) is 1. The van der Waals surface area contributed by atoms with Gasteiger partial charge in [0.15, 0.2) is 5.78 Å². The molecule has 1 unspecified atom stereocenters. The van der Waals surface area contributed by atoms with E-state index in [1.165, 1.54) is 0 Å². The van der Waals surface area contributed by atoms with Crippen molar-refractivity contribution in [2.75, 3.05) is 20.1 Å². The Morgan fingerprint density at radius 1 is 1.25 bits per heavy atom. The molecule has 0 aliphatic carbocycles. The largest absolute Gasteiger partial charge is 0.358 e. The normalized spacial score (nSPS) is 12.2. The fraction of sp³-hybridized carbons (Fsp3) is 0.500. The molecule has 1 N–H and O–H groups in total. The van der Waals surface area contributed by atoms with E-state index in [0.29, 0.717) is 5.56 Å². The van der Waals surface area contributed by atoms with Gasteiger partial charge >= 0.3 is 0 Å². The third-order valence-electron chi connectivity index (χ3n) is 3.40. The molecular formula is C16H24N2O2. The first-order valence-corrected chi connectivity index (χ1v) is 7.05. The fourth-order valence-electron chi connectivity index (χ4n) is 2.09. The van der Waals surface area contributed by atoms with Crippen LogP contribution in [0.3, 0.4) is 0 Å². The number of amides is 1. The Balaban J connectivity index is 2.82. The molecule has 1 amide bonds. The number of hydrogen-bond donors (Lipinski definition) is 1. The first-order valence-electron chi connectivity index (χ1n) is 7.05. The van der Waals surface area contributed by atoms with Crippen molar-refractivity contribution in [3.8, 4) is 0 Å². The molecule has 0 radical (unpaired) electrons. The van der Waals surface area contributed by atoms with Crippen molar-refractivity contribution in [2.45, 2.75) is 33.2 Å². The van der Waals surface area contributed by atoms with Crippen LogP contribution in [0.2, 0.25) is 0 Å². The van der Waals surface area contributed by atoms with E-state index >= 15 is 0 Å². The lowest BCUT2D eigenvalue weighted by atomic mass is 10.0. The predicted molar refractivity (Wildman–Crippen MR) is 80.9 cm³/mol. The quantitative estimate of drug-likeness (QED) is 0.775. The average Bonchev–Trinajstić information content (AvgIpc) is 2.46. The number of ketones is 1. The second-order valence-electron chi connectivity index (χ2n) is 5.05. The summed E-state index contributed by atoms with van der Waals surface area (Å²) in [5.74, 6) is -0.00985. The molecule has 0 saturated heterocycles. The number of aryl methyl sites for hydroxylation is 1. The summed E-state index contributed by atoms with van der Waals surface area (Å²) < 4.78 is 0. The maximum atomic E-state index is 12.5. The minimum atomic E-state index is -0.296. The summed E-state index contributed by atoms with van der Waals surface area (Å²) in [6.45, 7) is 6.88. The molecule has 0 aliphatic rings. The van der Waals surface area contributed by atoms with Gasteiger partial charge in [0.2, 0.25) is 5.91 Å². The van der Waals surface area contributed by atoms with Gasteiger partial charge in [0.05, 0.1) is 12.6 Å². The van der Waals surface area contributed by atoms with Gasteiger partial charge in [-0.05, 0) is 26.8 Å². The molecule has 0 aromatic heterocycles. The van der Waals surface area contributed by atoms with Gasteiger partial charge in [0.1, 0.15) is 0 Å². The summed E-state index contributed by atoms with van der Waals surface area (Å²) in [7, 11) is 1.61. The first kappa shape index (κ1) is 16.4. The van der Waals surface area contributed by atoms with Crippen LogP contribution < -0.4 is 5.32 Å². The van der Waals surface area contributed by atoms with Crippen LogP contribution >= 0.6 is 0 Å². The lowest BCUT2D eigenvalue weighted by Gasteiger charge is -2.27. The molecule has 110 valence electrons. The minimum Gasteiger partial charge on any atom is -0.358 e. The van der Waals surface area contributed by atoms with Crippen molar-refractivity contribution in [1.82, 2.24) is 10.2 Å². The first-order chi connectivity index (χ1) is 9.49. The molecule has 0 spiro atoms. The van der Waals surface area contributed by atoms with E-state index in [9.17, 15) is 9.59 Å². The highest BCUT2D eigenvalue weighted by Crippen LogP contribution is 2.11. The fourth-order valence-corrected chi connectivity index (χ4v) is 2.09. The van der Waals surface area contributed by atoms with Gasteiger partial charge < -0.3 is 5.32 Å². The molecule has 0 aliphatic heterocycles. The molecule has 0 saturated carbocycles. The van der Waals surface area contributed by atoms with Gasteiger partial charge in [-0.3, -0.25) is 14.5 Å². The Bertz CT molecular complexity index is 454. The number of nitrogens with zero attached hydrogens (tertiary/aromatic N) is 1. The third kappa shape index (κ3) is 4.46. The van der Waals surface area contributed by atoms with E-state index in [4.69, 9.17) is 0 Å². The topological polar surface area (TPSA) is 49.4 Å². The van der Waals surface area contributed by atoms with Crippen molar-refractivity contribution in [2.24, 2.45) is 0 Å². The lowest BCUT2D eigenvalue weighted by Crippen LogP contribution is -2.45. The Hall–Kier alpha value is -1.68. The van der Waals surface area contributed by atoms with Crippen LogP contribution in [0.1, 0.15) is 36.2 Å². The Labute approximate surface area is 121 Å². The summed E-state index contributed by atoms with van der Waals surface area (Å²) in [5, 5.41) is 2.60.